The molecule has 0 saturated carbocycles. The molecule has 0 heterocycles. The maximum atomic E-state index is 11.1. The van der Waals surface area contributed by atoms with Crippen LogP contribution in [0.4, 0.5) is 0 Å². The van der Waals surface area contributed by atoms with E-state index in [0.29, 0.717) is 13.1 Å². The van der Waals surface area contributed by atoms with E-state index in [1.165, 1.54) is 0 Å². The minimum atomic E-state index is 0.0191. The Balaban J connectivity index is 3.50. The zero-order chi connectivity index (χ0) is 9.40. The molecule has 1 atom stereocenters. The number of hydrogen-bond acceptors (Lipinski definition) is 2. The first-order valence-electron chi connectivity index (χ1n) is 4.01. The van der Waals surface area contributed by atoms with Crippen molar-refractivity contribution in [1.29, 1.82) is 0 Å². The molecule has 0 fully saturated rings. The van der Waals surface area contributed by atoms with E-state index >= 15 is 0 Å². The number of nitrogens with one attached hydrogen (secondary N) is 1. The summed E-state index contributed by atoms with van der Waals surface area (Å²) in [6.07, 6.45) is 0.827. The van der Waals surface area contributed by atoms with Gasteiger partial charge in [0, 0.05) is 23.9 Å². The molecule has 5 nitrogen and oxygen atoms in total. The third kappa shape index (κ3) is 4.57. The van der Waals surface area contributed by atoms with Crippen molar-refractivity contribution in [1.82, 2.24) is 5.32 Å². The lowest BCUT2D eigenvalue weighted by molar-refractivity contribution is -0.124. The molecule has 12 heavy (non-hydrogen) atoms. The Labute approximate surface area is 71.8 Å². The summed E-state index contributed by atoms with van der Waals surface area (Å²) in [6, 6.07) is 0. The highest BCUT2D eigenvalue weighted by atomic mass is 16.1. The normalized spacial score (nSPS) is 11.5. The molecule has 0 aliphatic rings. The highest BCUT2D eigenvalue weighted by Crippen LogP contribution is 1.98. The zero-order valence-electron chi connectivity index (χ0n) is 7.45. The van der Waals surface area contributed by atoms with E-state index in [9.17, 15) is 4.79 Å². The van der Waals surface area contributed by atoms with Crippen LogP contribution in [-0.2, 0) is 4.79 Å². The third-order valence-corrected chi connectivity index (χ3v) is 1.63. The summed E-state index contributed by atoms with van der Waals surface area (Å²) in [6.45, 7) is 4.56. The zero-order valence-corrected chi connectivity index (χ0v) is 7.45. The lowest BCUT2D eigenvalue weighted by atomic mass is 10.1. The third-order valence-electron chi connectivity index (χ3n) is 1.63. The highest BCUT2D eigenvalue weighted by Gasteiger charge is 2.07. The van der Waals surface area contributed by atoms with Crippen LogP contribution in [0.3, 0.4) is 0 Å². The molecule has 0 rings (SSSR count). The molecule has 0 radical (unpaired) electrons. The fraction of sp³-hybridized carbons (Fsp3) is 0.857. The number of azide groups is 1. The van der Waals surface area contributed by atoms with Crippen LogP contribution in [0.25, 0.3) is 10.4 Å². The second kappa shape index (κ2) is 6.49. The fourth-order valence-corrected chi connectivity index (χ4v) is 0.633. The summed E-state index contributed by atoms with van der Waals surface area (Å²) < 4.78 is 0. The summed E-state index contributed by atoms with van der Waals surface area (Å²) in [5, 5.41) is 5.96. The Kier molecular flexibility index (Phi) is 5.83. The van der Waals surface area contributed by atoms with Gasteiger partial charge in [0.2, 0.25) is 5.91 Å². The summed E-state index contributed by atoms with van der Waals surface area (Å²) in [7, 11) is 0. The van der Waals surface area contributed by atoms with E-state index in [2.05, 4.69) is 15.3 Å². The molecule has 0 spiro atoms. The Hall–Kier alpha value is -1.22. The molecule has 68 valence electrons. The minimum absolute atomic E-state index is 0.0191. The van der Waals surface area contributed by atoms with Crippen LogP contribution in [0.15, 0.2) is 5.11 Å². The Morgan fingerprint density at radius 3 is 2.92 bits per heavy atom. The summed E-state index contributed by atoms with van der Waals surface area (Å²) in [5.74, 6) is 0.0571. The van der Waals surface area contributed by atoms with E-state index in [0.717, 1.165) is 6.42 Å². The molecule has 1 N–H and O–H groups in total. The van der Waals surface area contributed by atoms with Crippen molar-refractivity contribution < 1.29 is 4.79 Å². The number of carbonyl (C=O) groups is 1. The predicted octanol–water partition coefficient (Wildman–Crippen LogP) is 1.46. The minimum Gasteiger partial charge on any atom is -0.356 e. The van der Waals surface area contributed by atoms with Gasteiger partial charge in [-0.05, 0) is 12.0 Å². The first-order chi connectivity index (χ1) is 5.72. The molecular formula is C7H14N4O. The van der Waals surface area contributed by atoms with Crippen molar-refractivity contribution in [2.24, 2.45) is 11.0 Å². The van der Waals surface area contributed by atoms with Gasteiger partial charge in [0.25, 0.3) is 0 Å². The Morgan fingerprint density at radius 1 is 1.75 bits per heavy atom. The average molecular weight is 170 g/mol. The topological polar surface area (TPSA) is 77.9 Å². The van der Waals surface area contributed by atoms with Gasteiger partial charge in [-0.25, -0.2) is 0 Å². The molecule has 5 heteroatoms. The van der Waals surface area contributed by atoms with Crippen molar-refractivity contribution in [3.8, 4) is 0 Å². The van der Waals surface area contributed by atoms with Crippen LogP contribution in [0.2, 0.25) is 0 Å². The van der Waals surface area contributed by atoms with Crippen LogP contribution in [0, 0.1) is 5.92 Å². The Bertz CT molecular complexity index is 186. The summed E-state index contributed by atoms with van der Waals surface area (Å²) in [5.41, 5.74) is 7.93. The number of nitrogens with zero attached hydrogens (tertiary/aromatic N) is 3. The van der Waals surface area contributed by atoms with E-state index in [1.54, 1.807) is 0 Å². The highest BCUT2D eigenvalue weighted by molar-refractivity contribution is 5.78. The molecule has 0 saturated heterocycles. The van der Waals surface area contributed by atoms with E-state index in [1.807, 2.05) is 13.8 Å². The fourth-order valence-electron chi connectivity index (χ4n) is 0.633. The summed E-state index contributed by atoms with van der Waals surface area (Å²) in [4.78, 5) is 13.7. The van der Waals surface area contributed by atoms with E-state index in [-0.39, 0.29) is 11.8 Å². The molecule has 1 amide bonds. The van der Waals surface area contributed by atoms with Gasteiger partial charge in [0.15, 0.2) is 0 Å². The predicted molar refractivity (Wildman–Crippen MR) is 46.5 cm³/mol. The van der Waals surface area contributed by atoms with Crippen molar-refractivity contribution in [2.75, 3.05) is 13.1 Å². The van der Waals surface area contributed by atoms with Crippen LogP contribution in [0.5, 0.6) is 0 Å². The number of carbonyl (C=O) groups excluding carboxylic acids is 1. The molecule has 0 aromatic carbocycles. The lowest BCUT2D eigenvalue weighted by Gasteiger charge is -2.07. The van der Waals surface area contributed by atoms with Gasteiger partial charge < -0.3 is 5.32 Å². The van der Waals surface area contributed by atoms with Crippen molar-refractivity contribution in [3.05, 3.63) is 10.4 Å². The first-order valence-corrected chi connectivity index (χ1v) is 4.01. The molecule has 0 aliphatic heterocycles. The monoisotopic (exact) mass is 170 g/mol. The van der Waals surface area contributed by atoms with E-state index in [4.69, 9.17) is 5.53 Å². The number of hydrogen-bond donors (Lipinski definition) is 1. The second-order valence-electron chi connectivity index (χ2n) is 2.55. The van der Waals surface area contributed by atoms with Crippen LogP contribution in [0.1, 0.15) is 20.3 Å². The number of amides is 1. The molecule has 0 aromatic heterocycles. The van der Waals surface area contributed by atoms with Crippen molar-refractivity contribution >= 4 is 5.91 Å². The van der Waals surface area contributed by atoms with E-state index < -0.39 is 0 Å². The van der Waals surface area contributed by atoms with Gasteiger partial charge >= 0.3 is 0 Å². The average Bonchev–Trinajstić information content (AvgIpc) is 2.10. The Morgan fingerprint density at radius 2 is 2.42 bits per heavy atom. The number of rotatable bonds is 5. The molecule has 0 aromatic rings. The SMILES string of the molecule is CCC(C)C(=O)NCCN=[N+]=[N-]. The molecule has 1 unspecified atom stereocenters. The van der Waals surface area contributed by atoms with Gasteiger partial charge in [0.1, 0.15) is 0 Å². The van der Waals surface area contributed by atoms with Gasteiger partial charge in [-0.3, -0.25) is 4.79 Å². The first kappa shape index (κ1) is 10.8. The second-order valence-corrected chi connectivity index (χ2v) is 2.55. The van der Waals surface area contributed by atoms with Crippen LogP contribution >= 0.6 is 0 Å². The maximum absolute atomic E-state index is 11.1. The largest absolute Gasteiger partial charge is 0.356 e. The van der Waals surface area contributed by atoms with Crippen LogP contribution < -0.4 is 5.32 Å². The quantitative estimate of drug-likeness (QED) is 0.288. The molecule has 0 bridgehead atoms. The van der Waals surface area contributed by atoms with Crippen molar-refractivity contribution in [2.45, 2.75) is 20.3 Å². The molecule has 0 aliphatic carbocycles. The maximum Gasteiger partial charge on any atom is 0.222 e. The lowest BCUT2D eigenvalue weighted by Crippen LogP contribution is -2.30. The van der Waals surface area contributed by atoms with Crippen LogP contribution in [-0.4, -0.2) is 19.0 Å². The molecular weight excluding hydrogens is 156 g/mol. The van der Waals surface area contributed by atoms with Crippen molar-refractivity contribution in [3.63, 3.8) is 0 Å². The summed E-state index contributed by atoms with van der Waals surface area (Å²) >= 11 is 0. The smallest absolute Gasteiger partial charge is 0.222 e. The standard InChI is InChI=1S/C7H14N4O/c1-3-6(2)7(12)9-4-5-10-11-8/h6H,3-5H2,1-2H3,(H,9,12). The van der Waals surface area contributed by atoms with Gasteiger partial charge in [-0.1, -0.05) is 19.0 Å². The van der Waals surface area contributed by atoms with Gasteiger partial charge in [0.05, 0.1) is 0 Å². The van der Waals surface area contributed by atoms with Gasteiger partial charge in [-0.2, -0.15) is 0 Å². The van der Waals surface area contributed by atoms with Gasteiger partial charge in [-0.15, -0.1) is 0 Å².